The van der Waals surface area contributed by atoms with Gasteiger partial charge in [0, 0.05) is 35.1 Å². The van der Waals surface area contributed by atoms with Gasteiger partial charge in [0.1, 0.15) is 16.3 Å². The van der Waals surface area contributed by atoms with Gasteiger partial charge in [-0.2, -0.15) is 0 Å². The topological polar surface area (TPSA) is 108 Å². The Morgan fingerprint density at radius 2 is 1.37 bits per heavy atom. The smallest absolute Gasteiger partial charge is 0.212 e. The number of rotatable bonds is 3. The Morgan fingerprint density at radius 3 is 2.18 bits per heavy atom. The van der Waals surface area contributed by atoms with Crippen LogP contribution in [0.2, 0.25) is 0 Å². The summed E-state index contributed by atoms with van der Waals surface area (Å²) in [5.74, 6) is 3.59. The van der Waals surface area contributed by atoms with Gasteiger partial charge in [-0.25, -0.2) is 18.4 Å². The van der Waals surface area contributed by atoms with Crippen molar-refractivity contribution in [3.8, 4) is 23.0 Å². The summed E-state index contributed by atoms with van der Waals surface area (Å²) in [6.45, 7) is 8.54. The molecular weight excluding hydrogens is 681 g/mol. The summed E-state index contributed by atoms with van der Waals surface area (Å²) in [4.78, 5) is 14.9. The van der Waals surface area contributed by atoms with E-state index in [1.165, 1.54) is 5.56 Å². The van der Waals surface area contributed by atoms with Crippen molar-refractivity contribution in [3.05, 3.63) is 120 Å². The highest BCUT2D eigenvalue weighted by atomic mass is 32.2. The Balaban J connectivity index is 1.14. The molecule has 6 heterocycles. The molecule has 0 saturated carbocycles. The van der Waals surface area contributed by atoms with Crippen molar-refractivity contribution >= 4 is 55.4 Å². The second-order valence-corrected chi connectivity index (χ2v) is 17.2. The van der Waals surface area contributed by atoms with Crippen LogP contribution in [-0.2, 0) is 26.4 Å². The van der Waals surface area contributed by atoms with Crippen LogP contribution in [0.25, 0.3) is 0 Å². The van der Waals surface area contributed by atoms with E-state index >= 15 is 0 Å². The van der Waals surface area contributed by atoms with Gasteiger partial charge in [0.25, 0.3) is 0 Å². The standard InChI is InChI=1S/C40H30N4O5S2/c1-22(2)23-12-14-28-26(18-23)43-36-31(49-28)20-25(21-33(36)50(45)32-9-6-16-41-38(32)43)40(3,4)24-13-15-29-27(19-24)44-37-30(48-29)8-5-10-34(37)51(46,47)35-11-7-17-42-39(35)44/h5-22H,1-4H3. The SMILES string of the molecule is CC(C)c1ccc2c(c1)N1c3ncccc3[S+]([O-])c3cc(C(C)(C)c4ccc5c(c4)N4c6ncccc6S(=O)(=O)c6cccc(c64)O5)cc(c31)O2. The van der Waals surface area contributed by atoms with Crippen LogP contribution < -0.4 is 19.3 Å². The number of ether oxygens (including phenoxy) is 2. The minimum Gasteiger partial charge on any atom is -0.606 e. The van der Waals surface area contributed by atoms with Crippen LogP contribution in [0.3, 0.4) is 0 Å². The minimum absolute atomic E-state index is 0.140. The van der Waals surface area contributed by atoms with Crippen LogP contribution in [0.4, 0.5) is 34.4 Å². The van der Waals surface area contributed by atoms with Gasteiger partial charge in [0.05, 0.1) is 16.3 Å². The molecule has 6 aromatic rings. The van der Waals surface area contributed by atoms with E-state index in [-0.39, 0.29) is 9.79 Å². The largest absolute Gasteiger partial charge is 0.606 e. The number of para-hydroxylation sites is 1. The zero-order valence-corrected chi connectivity index (χ0v) is 29.7. The van der Waals surface area contributed by atoms with E-state index in [1.54, 1.807) is 42.7 Å². The summed E-state index contributed by atoms with van der Waals surface area (Å²) in [5.41, 5.74) is 5.08. The Labute approximate surface area is 298 Å². The summed E-state index contributed by atoms with van der Waals surface area (Å²) in [5, 5.41) is 0. The van der Waals surface area contributed by atoms with Crippen LogP contribution in [0.1, 0.15) is 50.3 Å². The van der Waals surface area contributed by atoms with Gasteiger partial charge < -0.3 is 14.0 Å². The predicted octanol–water partition coefficient (Wildman–Crippen LogP) is 9.70. The highest BCUT2D eigenvalue weighted by molar-refractivity contribution is 7.92. The van der Waals surface area contributed by atoms with Crippen LogP contribution in [0.15, 0.2) is 123 Å². The van der Waals surface area contributed by atoms with E-state index in [0.717, 1.165) is 22.5 Å². The van der Waals surface area contributed by atoms with Gasteiger partial charge in [-0.3, -0.25) is 9.80 Å². The third-order valence-corrected chi connectivity index (χ3v) is 13.6. The first-order chi connectivity index (χ1) is 24.5. The van der Waals surface area contributed by atoms with Crippen molar-refractivity contribution in [2.24, 2.45) is 0 Å². The van der Waals surface area contributed by atoms with Crippen LogP contribution in [0.5, 0.6) is 23.0 Å². The Bertz CT molecular complexity index is 2620. The molecule has 51 heavy (non-hydrogen) atoms. The monoisotopic (exact) mass is 710 g/mol. The maximum absolute atomic E-state index is 14.4. The Hall–Kier alpha value is -5.36. The number of hydrogen-bond acceptors (Lipinski definition) is 9. The quantitative estimate of drug-likeness (QED) is 0.166. The molecule has 0 aliphatic carbocycles. The molecule has 0 saturated heterocycles. The summed E-state index contributed by atoms with van der Waals surface area (Å²) < 4.78 is 54.8. The summed E-state index contributed by atoms with van der Waals surface area (Å²) in [7, 11) is -3.82. The van der Waals surface area contributed by atoms with E-state index in [0.29, 0.717) is 61.7 Å². The minimum atomic E-state index is -3.82. The van der Waals surface area contributed by atoms with E-state index in [9.17, 15) is 13.0 Å². The lowest BCUT2D eigenvalue weighted by Gasteiger charge is -2.39. The van der Waals surface area contributed by atoms with Crippen LogP contribution >= 0.6 is 0 Å². The number of sulfone groups is 1. The van der Waals surface area contributed by atoms with E-state index in [1.807, 2.05) is 53.4 Å². The molecular formula is C40H30N4O5S2. The predicted molar refractivity (Wildman–Crippen MR) is 194 cm³/mol. The van der Waals surface area contributed by atoms with Crippen molar-refractivity contribution in [2.75, 3.05) is 9.80 Å². The average Bonchev–Trinajstić information content (AvgIpc) is 3.14. The molecule has 11 heteroatoms. The van der Waals surface area contributed by atoms with Gasteiger partial charge >= 0.3 is 0 Å². The highest BCUT2D eigenvalue weighted by Crippen LogP contribution is 2.60. The van der Waals surface area contributed by atoms with Gasteiger partial charge in [0.2, 0.25) is 14.7 Å². The maximum Gasteiger partial charge on any atom is 0.212 e. The molecule has 0 bridgehead atoms. The molecule has 0 fully saturated rings. The number of nitrogens with zero attached hydrogens (tertiary/aromatic N) is 4. The second-order valence-electron chi connectivity index (χ2n) is 13.9. The fraction of sp³-hybridized carbons (Fsp3) is 0.150. The maximum atomic E-state index is 14.4. The molecule has 10 rings (SSSR count). The van der Waals surface area contributed by atoms with E-state index in [2.05, 4.69) is 49.7 Å². The van der Waals surface area contributed by atoms with Crippen LogP contribution in [-0.4, -0.2) is 22.9 Å². The number of aromatic nitrogens is 2. The number of pyridine rings is 2. The molecule has 1 atom stereocenters. The molecule has 4 aliphatic rings. The van der Waals surface area contributed by atoms with Gasteiger partial charge in [-0.15, -0.1) is 0 Å². The van der Waals surface area contributed by atoms with E-state index in [4.69, 9.17) is 14.5 Å². The van der Waals surface area contributed by atoms with Crippen molar-refractivity contribution in [1.82, 2.24) is 9.97 Å². The van der Waals surface area contributed by atoms with Crippen molar-refractivity contribution in [2.45, 2.75) is 58.6 Å². The van der Waals surface area contributed by atoms with Gasteiger partial charge in [-0.05, 0) is 89.3 Å². The zero-order valence-electron chi connectivity index (χ0n) is 28.0. The molecule has 0 spiro atoms. The van der Waals surface area contributed by atoms with E-state index < -0.39 is 26.4 Å². The molecule has 1 unspecified atom stereocenters. The molecule has 4 aliphatic heterocycles. The molecule has 0 N–H and O–H groups in total. The average molecular weight is 711 g/mol. The summed E-state index contributed by atoms with van der Waals surface area (Å²) in [6, 6.07) is 28.2. The fourth-order valence-electron chi connectivity index (χ4n) is 7.50. The molecule has 2 aromatic heterocycles. The molecule has 4 aromatic carbocycles. The Kier molecular flexibility index (Phi) is 6.18. The second kappa shape index (κ2) is 10.3. The number of fused-ring (bicyclic) bond motifs is 8. The molecule has 0 radical (unpaired) electrons. The lowest BCUT2D eigenvalue weighted by Crippen LogP contribution is -2.28. The fourth-order valence-corrected chi connectivity index (χ4v) is 10.4. The van der Waals surface area contributed by atoms with Crippen LogP contribution in [0, 0.1) is 0 Å². The zero-order chi connectivity index (χ0) is 35.0. The molecule has 252 valence electrons. The molecule has 9 nitrogen and oxygen atoms in total. The lowest BCUT2D eigenvalue weighted by molar-refractivity contribution is 0.469. The number of benzene rings is 4. The van der Waals surface area contributed by atoms with Crippen molar-refractivity contribution in [1.29, 1.82) is 0 Å². The lowest BCUT2D eigenvalue weighted by atomic mass is 9.77. The molecule has 0 amide bonds. The summed E-state index contributed by atoms with van der Waals surface area (Å²) in [6.07, 6.45) is 3.33. The Morgan fingerprint density at radius 1 is 0.686 bits per heavy atom. The third kappa shape index (κ3) is 4.10. The third-order valence-electron chi connectivity index (χ3n) is 10.3. The van der Waals surface area contributed by atoms with Crippen molar-refractivity contribution in [3.63, 3.8) is 0 Å². The first kappa shape index (κ1) is 30.5. The highest BCUT2D eigenvalue weighted by Gasteiger charge is 2.45. The number of anilines is 6. The van der Waals surface area contributed by atoms with Gasteiger partial charge in [-0.1, -0.05) is 45.9 Å². The normalized spacial score (nSPS) is 16.9. The van der Waals surface area contributed by atoms with Gasteiger partial charge in [0.15, 0.2) is 39.5 Å². The first-order valence-electron chi connectivity index (χ1n) is 16.7. The van der Waals surface area contributed by atoms with Crippen molar-refractivity contribution < 1.29 is 22.4 Å². The number of hydrogen-bond donors (Lipinski definition) is 0. The summed E-state index contributed by atoms with van der Waals surface area (Å²) >= 11 is -1.52. The first-order valence-corrected chi connectivity index (χ1v) is 19.3.